The fourth-order valence-electron chi connectivity index (χ4n) is 4.33. The molecular weight excluding hydrogens is 388 g/mol. The van der Waals surface area contributed by atoms with Crippen molar-refractivity contribution in [1.82, 2.24) is 15.1 Å². The summed E-state index contributed by atoms with van der Waals surface area (Å²) in [6, 6.07) is 17.5. The third kappa shape index (κ3) is 4.22. The molecule has 2 N–H and O–H groups in total. The van der Waals surface area contributed by atoms with Crippen LogP contribution in [0, 0.1) is 0 Å². The molecule has 1 fully saturated rings. The topological polar surface area (TPSA) is 61.4 Å². The van der Waals surface area contributed by atoms with Gasteiger partial charge in [0.05, 0.1) is 13.7 Å². The van der Waals surface area contributed by atoms with E-state index in [4.69, 9.17) is 4.74 Å². The Morgan fingerprint density at radius 2 is 1.90 bits per heavy atom. The van der Waals surface area contributed by atoms with E-state index in [-0.39, 0.29) is 24.1 Å². The minimum atomic E-state index is -2.58. The number of aliphatic hydroxyl groups is 1. The van der Waals surface area contributed by atoms with Crippen LogP contribution in [-0.4, -0.2) is 40.4 Å². The summed E-state index contributed by atoms with van der Waals surface area (Å²) >= 11 is 0. The van der Waals surface area contributed by atoms with Crippen molar-refractivity contribution in [1.29, 1.82) is 0 Å². The lowest BCUT2D eigenvalue weighted by Gasteiger charge is -2.17. The molecule has 1 aliphatic rings. The van der Waals surface area contributed by atoms with Crippen molar-refractivity contribution < 1.29 is 18.6 Å². The standard InChI is InChI=1S/C23H25F2N3O2/c1-30-22-8-7-15(9-17(22)14-29)11-28-12-18(16-5-3-2-4-6-16)19(13-28)20-10-21(23(24)25)27-26-20/h2-10,18-19,23,29H,11-14H2,1H3,(H,26,27)/t18-,19+/m0/s1. The number of likely N-dealkylation sites (tertiary alicyclic amines) is 1. The third-order valence-corrected chi connectivity index (χ3v) is 5.79. The Kier molecular flexibility index (Phi) is 6.11. The number of halogens is 2. The number of ether oxygens (including phenoxy) is 1. The van der Waals surface area contributed by atoms with E-state index in [1.807, 2.05) is 36.4 Å². The quantitative estimate of drug-likeness (QED) is 0.609. The van der Waals surface area contributed by atoms with Gasteiger partial charge < -0.3 is 9.84 Å². The van der Waals surface area contributed by atoms with E-state index in [0.29, 0.717) is 12.3 Å². The van der Waals surface area contributed by atoms with Gasteiger partial charge in [0.1, 0.15) is 11.4 Å². The minimum absolute atomic E-state index is 0.0444. The number of nitrogens with zero attached hydrogens (tertiary/aromatic N) is 2. The highest BCUT2D eigenvalue weighted by molar-refractivity contribution is 5.37. The van der Waals surface area contributed by atoms with Crippen LogP contribution in [0.4, 0.5) is 8.78 Å². The van der Waals surface area contributed by atoms with Gasteiger partial charge in [0, 0.05) is 42.7 Å². The number of hydrogen-bond acceptors (Lipinski definition) is 4. The lowest BCUT2D eigenvalue weighted by atomic mass is 9.87. The SMILES string of the molecule is COc1ccc(CN2C[C@@H](c3ccccc3)[C@H](c3cc(C(F)F)n[nH]3)C2)cc1CO. The Morgan fingerprint density at radius 1 is 1.13 bits per heavy atom. The summed E-state index contributed by atoms with van der Waals surface area (Å²) < 4.78 is 31.4. The zero-order valence-corrected chi connectivity index (χ0v) is 16.8. The molecule has 7 heteroatoms. The van der Waals surface area contributed by atoms with Gasteiger partial charge in [-0.05, 0) is 29.3 Å². The lowest BCUT2D eigenvalue weighted by molar-refractivity contribution is 0.146. The molecule has 1 aliphatic heterocycles. The molecular formula is C23H25F2N3O2. The summed E-state index contributed by atoms with van der Waals surface area (Å²) in [6.45, 7) is 2.15. The number of nitrogens with one attached hydrogen (secondary N) is 1. The van der Waals surface area contributed by atoms with Crippen molar-refractivity contribution in [2.24, 2.45) is 0 Å². The molecule has 0 amide bonds. The van der Waals surface area contributed by atoms with Crippen LogP contribution >= 0.6 is 0 Å². The fourth-order valence-corrected chi connectivity index (χ4v) is 4.33. The van der Waals surface area contributed by atoms with Gasteiger partial charge in [-0.2, -0.15) is 5.10 Å². The van der Waals surface area contributed by atoms with E-state index in [0.717, 1.165) is 29.9 Å². The van der Waals surface area contributed by atoms with Crippen LogP contribution in [0.2, 0.25) is 0 Å². The summed E-state index contributed by atoms with van der Waals surface area (Å²) in [7, 11) is 1.59. The summed E-state index contributed by atoms with van der Waals surface area (Å²) in [5.41, 5.74) is 3.54. The number of aromatic amines is 1. The summed E-state index contributed by atoms with van der Waals surface area (Å²) in [5.74, 6) is 0.885. The number of hydrogen-bond donors (Lipinski definition) is 2. The largest absolute Gasteiger partial charge is 0.496 e. The first-order chi connectivity index (χ1) is 14.6. The number of alkyl halides is 2. The predicted octanol–water partition coefficient (Wildman–Crippen LogP) is 4.23. The minimum Gasteiger partial charge on any atom is -0.496 e. The molecule has 5 nitrogen and oxygen atoms in total. The summed E-state index contributed by atoms with van der Waals surface area (Å²) in [5, 5.41) is 16.2. The van der Waals surface area contributed by atoms with Crippen molar-refractivity contribution in [2.45, 2.75) is 31.4 Å². The Bertz CT molecular complexity index is 978. The van der Waals surface area contributed by atoms with E-state index >= 15 is 0 Å². The third-order valence-electron chi connectivity index (χ3n) is 5.79. The number of H-pyrrole nitrogens is 1. The van der Waals surface area contributed by atoms with E-state index < -0.39 is 6.43 Å². The van der Waals surface area contributed by atoms with Crippen LogP contribution in [0.5, 0.6) is 5.75 Å². The highest BCUT2D eigenvalue weighted by Gasteiger charge is 2.36. The first-order valence-electron chi connectivity index (χ1n) is 9.96. The van der Waals surface area contributed by atoms with E-state index in [1.165, 1.54) is 11.6 Å². The molecule has 2 aromatic carbocycles. The molecule has 3 aromatic rings. The fraction of sp³-hybridized carbons (Fsp3) is 0.348. The normalized spacial score (nSPS) is 19.5. The average molecular weight is 413 g/mol. The number of benzene rings is 2. The maximum absolute atomic E-state index is 13.1. The van der Waals surface area contributed by atoms with Crippen LogP contribution in [0.1, 0.15) is 46.3 Å². The second-order valence-corrected chi connectivity index (χ2v) is 7.67. The van der Waals surface area contributed by atoms with Gasteiger partial charge in [0.25, 0.3) is 6.43 Å². The van der Waals surface area contributed by atoms with Gasteiger partial charge in [0.2, 0.25) is 0 Å². The van der Waals surface area contributed by atoms with Crippen molar-refractivity contribution in [2.75, 3.05) is 20.2 Å². The lowest BCUT2D eigenvalue weighted by Crippen LogP contribution is -2.20. The van der Waals surface area contributed by atoms with Gasteiger partial charge in [0.15, 0.2) is 0 Å². The zero-order valence-electron chi connectivity index (χ0n) is 16.8. The second-order valence-electron chi connectivity index (χ2n) is 7.67. The van der Waals surface area contributed by atoms with Crippen LogP contribution in [-0.2, 0) is 13.2 Å². The first-order valence-corrected chi connectivity index (χ1v) is 9.96. The first kappa shape index (κ1) is 20.5. The number of methoxy groups -OCH3 is 1. The molecule has 0 aliphatic carbocycles. The van der Waals surface area contributed by atoms with Gasteiger partial charge in [-0.3, -0.25) is 10.00 Å². The summed E-state index contributed by atoms with van der Waals surface area (Å²) in [6.07, 6.45) is -2.58. The molecule has 30 heavy (non-hydrogen) atoms. The van der Waals surface area contributed by atoms with Crippen molar-refractivity contribution in [3.05, 3.63) is 82.7 Å². The van der Waals surface area contributed by atoms with Crippen LogP contribution in [0.25, 0.3) is 0 Å². The molecule has 0 saturated carbocycles. The Balaban J connectivity index is 1.58. The number of aromatic nitrogens is 2. The van der Waals surface area contributed by atoms with Gasteiger partial charge in [-0.25, -0.2) is 8.78 Å². The highest BCUT2D eigenvalue weighted by Crippen LogP contribution is 2.40. The van der Waals surface area contributed by atoms with Crippen molar-refractivity contribution >= 4 is 0 Å². The maximum Gasteiger partial charge on any atom is 0.282 e. The van der Waals surface area contributed by atoms with Crippen LogP contribution in [0.15, 0.2) is 54.6 Å². The molecule has 158 valence electrons. The second kappa shape index (κ2) is 8.93. The van der Waals surface area contributed by atoms with Crippen molar-refractivity contribution in [3.8, 4) is 5.75 Å². The molecule has 2 atom stereocenters. The molecule has 2 heterocycles. The molecule has 0 radical (unpaired) electrons. The smallest absolute Gasteiger partial charge is 0.282 e. The van der Waals surface area contributed by atoms with Crippen molar-refractivity contribution in [3.63, 3.8) is 0 Å². The number of rotatable bonds is 7. The number of aliphatic hydroxyl groups excluding tert-OH is 1. The molecule has 0 spiro atoms. The van der Waals surface area contributed by atoms with Gasteiger partial charge in [-0.15, -0.1) is 0 Å². The van der Waals surface area contributed by atoms with Crippen LogP contribution < -0.4 is 4.74 Å². The maximum atomic E-state index is 13.1. The Morgan fingerprint density at radius 3 is 2.57 bits per heavy atom. The van der Waals surface area contributed by atoms with Crippen LogP contribution in [0.3, 0.4) is 0 Å². The van der Waals surface area contributed by atoms with E-state index in [1.54, 1.807) is 7.11 Å². The Labute approximate surface area is 174 Å². The predicted molar refractivity (Wildman–Crippen MR) is 110 cm³/mol. The molecule has 0 bridgehead atoms. The molecule has 1 saturated heterocycles. The molecule has 1 aromatic heterocycles. The van der Waals surface area contributed by atoms with Gasteiger partial charge >= 0.3 is 0 Å². The van der Waals surface area contributed by atoms with E-state index in [9.17, 15) is 13.9 Å². The monoisotopic (exact) mass is 413 g/mol. The van der Waals surface area contributed by atoms with Gasteiger partial charge in [-0.1, -0.05) is 36.4 Å². The summed E-state index contributed by atoms with van der Waals surface area (Å²) in [4.78, 5) is 2.31. The average Bonchev–Trinajstić information content (AvgIpc) is 3.41. The highest BCUT2D eigenvalue weighted by atomic mass is 19.3. The zero-order chi connectivity index (χ0) is 21.1. The van der Waals surface area contributed by atoms with E-state index in [2.05, 4.69) is 27.2 Å². The molecule has 4 rings (SSSR count). The Hall–Kier alpha value is -2.77. The molecule has 0 unspecified atom stereocenters.